The summed E-state index contributed by atoms with van der Waals surface area (Å²) in [7, 11) is 5.72. The Bertz CT molecular complexity index is 584. The molecule has 1 aromatic rings. The highest BCUT2D eigenvalue weighted by atomic mass is 127. The fourth-order valence-corrected chi connectivity index (χ4v) is 2.65. The lowest BCUT2D eigenvalue weighted by Gasteiger charge is -2.23. The lowest BCUT2D eigenvalue weighted by molar-refractivity contribution is 0.0529. The van der Waals surface area contributed by atoms with E-state index in [1.807, 2.05) is 46.0 Å². The van der Waals surface area contributed by atoms with E-state index in [4.69, 9.17) is 4.74 Å². The molecule has 2 N–H and O–H groups in total. The van der Waals surface area contributed by atoms with Crippen LogP contribution in [0, 0.1) is 0 Å². The fourth-order valence-electron chi connectivity index (χ4n) is 2.08. The molecule has 25 heavy (non-hydrogen) atoms. The summed E-state index contributed by atoms with van der Waals surface area (Å²) in [5.74, 6) is 0.762. The van der Waals surface area contributed by atoms with Gasteiger partial charge in [0, 0.05) is 50.6 Å². The van der Waals surface area contributed by atoms with Gasteiger partial charge in [-0.2, -0.15) is 0 Å². The van der Waals surface area contributed by atoms with Crippen LogP contribution in [0.4, 0.5) is 4.79 Å². The molecule has 144 valence electrons. The molecular formula is C16H29BrIN5O2. The minimum absolute atomic E-state index is 0. The topological polar surface area (TPSA) is 70.9 Å². The Morgan fingerprint density at radius 1 is 1.36 bits per heavy atom. The number of aryl methyl sites for hydroxylation is 1. The third kappa shape index (κ3) is 9.34. The summed E-state index contributed by atoms with van der Waals surface area (Å²) < 4.78 is 8.31. The van der Waals surface area contributed by atoms with Crippen molar-refractivity contribution in [3.05, 3.63) is 22.4 Å². The summed E-state index contributed by atoms with van der Waals surface area (Å²) in [5.41, 5.74) is 0.677. The van der Waals surface area contributed by atoms with Gasteiger partial charge in [-0.05, 0) is 42.8 Å². The Balaban J connectivity index is 0.00000576. The zero-order chi connectivity index (χ0) is 18.3. The van der Waals surface area contributed by atoms with E-state index in [0.29, 0.717) is 13.1 Å². The molecule has 1 amide bonds. The number of aromatic nitrogens is 1. The number of alkyl carbamates (subject to hydrolysis) is 1. The van der Waals surface area contributed by atoms with Crippen LogP contribution in [0.25, 0.3) is 0 Å². The molecule has 0 atom stereocenters. The number of guanidine groups is 1. The second-order valence-corrected chi connectivity index (χ2v) is 7.43. The molecule has 0 bridgehead atoms. The van der Waals surface area contributed by atoms with Gasteiger partial charge < -0.3 is 24.8 Å². The van der Waals surface area contributed by atoms with Crippen LogP contribution in [0.1, 0.15) is 26.5 Å². The molecule has 0 aliphatic rings. The monoisotopic (exact) mass is 529 g/mol. The number of carbonyl (C=O) groups is 1. The van der Waals surface area contributed by atoms with Gasteiger partial charge in [-0.3, -0.25) is 4.99 Å². The third-order valence-electron chi connectivity index (χ3n) is 3.12. The van der Waals surface area contributed by atoms with E-state index in [-0.39, 0.29) is 24.0 Å². The molecular weight excluding hydrogens is 501 g/mol. The highest BCUT2D eigenvalue weighted by Crippen LogP contribution is 2.14. The number of ether oxygens (including phenoxy) is 1. The highest BCUT2D eigenvalue weighted by Gasteiger charge is 2.15. The lowest BCUT2D eigenvalue weighted by Crippen LogP contribution is -2.43. The summed E-state index contributed by atoms with van der Waals surface area (Å²) in [6.45, 7) is 7.25. The highest BCUT2D eigenvalue weighted by molar-refractivity contribution is 14.0. The number of hydrogen-bond donors (Lipinski definition) is 2. The van der Waals surface area contributed by atoms with Crippen molar-refractivity contribution in [2.24, 2.45) is 12.0 Å². The van der Waals surface area contributed by atoms with E-state index >= 15 is 0 Å². The Kier molecular flexibility index (Phi) is 10.5. The summed E-state index contributed by atoms with van der Waals surface area (Å²) in [6, 6.07) is 2.08. The molecule has 0 saturated heterocycles. The van der Waals surface area contributed by atoms with Crippen LogP contribution in [0.3, 0.4) is 0 Å². The van der Waals surface area contributed by atoms with E-state index in [1.54, 1.807) is 7.05 Å². The van der Waals surface area contributed by atoms with Crippen LogP contribution in [-0.4, -0.2) is 54.3 Å². The number of nitrogens with one attached hydrogen (secondary N) is 2. The second kappa shape index (κ2) is 10.9. The van der Waals surface area contributed by atoms with Gasteiger partial charge in [-0.15, -0.1) is 24.0 Å². The predicted molar refractivity (Wildman–Crippen MR) is 116 cm³/mol. The van der Waals surface area contributed by atoms with Gasteiger partial charge in [0.15, 0.2) is 5.96 Å². The minimum atomic E-state index is -0.489. The van der Waals surface area contributed by atoms with Gasteiger partial charge in [-0.25, -0.2) is 4.79 Å². The van der Waals surface area contributed by atoms with E-state index in [9.17, 15) is 4.79 Å². The molecule has 1 aromatic heterocycles. The van der Waals surface area contributed by atoms with Crippen LogP contribution < -0.4 is 10.6 Å². The molecule has 0 aromatic carbocycles. The Morgan fingerprint density at radius 2 is 1.96 bits per heavy atom. The Morgan fingerprint density at radius 3 is 2.44 bits per heavy atom. The zero-order valence-corrected chi connectivity index (χ0v) is 19.6. The summed E-state index contributed by atoms with van der Waals surface area (Å²) in [4.78, 5) is 17.9. The maximum absolute atomic E-state index is 11.6. The van der Waals surface area contributed by atoms with Gasteiger partial charge in [0.2, 0.25) is 0 Å². The van der Waals surface area contributed by atoms with Gasteiger partial charge >= 0.3 is 6.09 Å². The molecule has 1 rings (SSSR count). The van der Waals surface area contributed by atoms with Crippen LogP contribution >= 0.6 is 39.9 Å². The fraction of sp³-hybridized carbons (Fsp3) is 0.625. The molecule has 0 fully saturated rings. The van der Waals surface area contributed by atoms with Crippen molar-refractivity contribution in [3.63, 3.8) is 0 Å². The van der Waals surface area contributed by atoms with Crippen molar-refractivity contribution in [3.8, 4) is 0 Å². The minimum Gasteiger partial charge on any atom is -0.444 e. The van der Waals surface area contributed by atoms with E-state index in [2.05, 4.69) is 42.2 Å². The van der Waals surface area contributed by atoms with Crippen LogP contribution in [-0.2, 0) is 18.3 Å². The van der Waals surface area contributed by atoms with Crippen molar-refractivity contribution in [2.45, 2.75) is 32.9 Å². The first-order chi connectivity index (χ1) is 11.1. The maximum Gasteiger partial charge on any atom is 0.407 e. The smallest absolute Gasteiger partial charge is 0.407 e. The molecule has 1 heterocycles. The van der Waals surface area contributed by atoms with E-state index < -0.39 is 11.7 Å². The van der Waals surface area contributed by atoms with Gasteiger partial charge in [0.25, 0.3) is 0 Å². The van der Waals surface area contributed by atoms with Crippen molar-refractivity contribution < 1.29 is 9.53 Å². The summed E-state index contributed by atoms with van der Waals surface area (Å²) in [6.07, 6.45) is 1.60. The number of halogens is 2. The van der Waals surface area contributed by atoms with E-state index in [0.717, 1.165) is 17.0 Å². The summed E-state index contributed by atoms with van der Waals surface area (Å²) >= 11 is 3.48. The molecule has 0 aliphatic heterocycles. The van der Waals surface area contributed by atoms with Crippen LogP contribution in [0.5, 0.6) is 0 Å². The largest absolute Gasteiger partial charge is 0.444 e. The Labute approximate surface area is 175 Å². The van der Waals surface area contributed by atoms with Crippen molar-refractivity contribution in [1.82, 2.24) is 20.1 Å². The molecule has 0 unspecified atom stereocenters. The number of hydrogen-bond acceptors (Lipinski definition) is 3. The number of rotatable bonds is 5. The molecule has 0 spiro atoms. The van der Waals surface area contributed by atoms with Crippen LogP contribution in [0.2, 0.25) is 0 Å². The molecule has 9 heteroatoms. The third-order valence-corrected chi connectivity index (χ3v) is 3.56. The average Bonchev–Trinajstić information content (AvgIpc) is 2.74. The van der Waals surface area contributed by atoms with Gasteiger partial charge in [0.05, 0.1) is 6.54 Å². The van der Waals surface area contributed by atoms with Crippen molar-refractivity contribution >= 4 is 52.0 Å². The number of aliphatic imine (C=N–C) groups is 1. The standard InChI is InChI=1S/C16H28BrN5O2.HI/c1-16(2,3)24-15(23)20-8-7-19-14(18-4)22(6)11-13-9-12(17)10-21(13)5;/h9-10H,7-8,11H2,1-6H3,(H,18,19)(H,20,23);1H. The quantitative estimate of drug-likeness (QED) is 0.266. The number of nitrogens with zero attached hydrogens (tertiary/aromatic N) is 3. The van der Waals surface area contributed by atoms with Gasteiger partial charge in [0.1, 0.15) is 5.60 Å². The number of carbonyl (C=O) groups excluding carboxylic acids is 1. The first kappa shape index (κ1) is 24.0. The Hall–Kier alpha value is -0.970. The van der Waals surface area contributed by atoms with Crippen molar-refractivity contribution in [2.75, 3.05) is 27.2 Å². The molecule has 7 nitrogen and oxygen atoms in total. The summed E-state index contributed by atoms with van der Waals surface area (Å²) in [5, 5.41) is 5.93. The molecule has 0 saturated carbocycles. The normalized spacial score (nSPS) is 11.6. The predicted octanol–water partition coefficient (Wildman–Crippen LogP) is 2.94. The van der Waals surface area contributed by atoms with Gasteiger partial charge in [-0.1, -0.05) is 0 Å². The molecule has 0 radical (unpaired) electrons. The van der Waals surface area contributed by atoms with Crippen LogP contribution in [0.15, 0.2) is 21.7 Å². The second-order valence-electron chi connectivity index (χ2n) is 6.52. The average molecular weight is 530 g/mol. The lowest BCUT2D eigenvalue weighted by atomic mass is 10.2. The zero-order valence-electron chi connectivity index (χ0n) is 15.7. The SMILES string of the molecule is CN=C(NCCNC(=O)OC(C)(C)C)N(C)Cc1cc(Br)cn1C.I. The van der Waals surface area contributed by atoms with Crippen molar-refractivity contribution in [1.29, 1.82) is 0 Å². The number of amides is 1. The molecule has 0 aliphatic carbocycles. The first-order valence-electron chi connectivity index (χ1n) is 7.81. The first-order valence-corrected chi connectivity index (χ1v) is 8.61. The maximum atomic E-state index is 11.6. The van der Waals surface area contributed by atoms with E-state index in [1.165, 1.54) is 5.69 Å².